The van der Waals surface area contributed by atoms with E-state index < -0.39 is 17.6 Å². The van der Waals surface area contributed by atoms with Crippen LogP contribution in [0.1, 0.15) is 38.5 Å². The van der Waals surface area contributed by atoms with Crippen LogP contribution < -0.4 is 15.6 Å². The van der Waals surface area contributed by atoms with E-state index in [1.54, 1.807) is 0 Å². The van der Waals surface area contributed by atoms with Crippen molar-refractivity contribution in [1.82, 2.24) is 0 Å². The molecule has 2 aliphatic heterocycles. The van der Waals surface area contributed by atoms with Gasteiger partial charge in [-0.05, 0) is 38.5 Å². The highest BCUT2D eigenvalue weighted by Gasteiger charge is 2.62. The van der Waals surface area contributed by atoms with Gasteiger partial charge in [0.25, 0.3) is 0 Å². The SMILES string of the molecule is C[SiH](c1ccccc1)C1(C2([SiH](c3ccccc3)c3ccccc3)CCCCO2)CCCCO1. The lowest BCUT2D eigenvalue weighted by atomic mass is 9.96. The zero-order valence-corrected chi connectivity index (χ0v) is 22.1. The van der Waals surface area contributed by atoms with Crippen molar-refractivity contribution in [3.63, 3.8) is 0 Å². The molecule has 2 saturated heterocycles. The maximum Gasteiger partial charge on any atom is 0.141 e. The first-order chi connectivity index (χ1) is 16.3. The second-order valence-electron chi connectivity index (χ2n) is 9.78. The van der Waals surface area contributed by atoms with Gasteiger partial charge in [0, 0.05) is 13.2 Å². The van der Waals surface area contributed by atoms with E-state index in [4.69, 9.17) is 9.47 Å². The van der Waals surface area contributed by atoms with Gasteiger partial charge in [0.2, 0.25) is 0 Å². The molecule has 0 spiro atoms. The van der Waals surface area contributed by atoms with Crippen molar-refractivity contribution in [3.05, 3.63) is 91.0 Å². The molecule has 5 rings (SSSR count). The Kier molecular flexibility index (Phi) is 6.98. The highest BCUT2D eigenvalue weighted by Crippen LogP contribution is 2.46. The van der Waals surface area contributed by atoms with Crippen LogP contribution in [-0.4, -0.2) is 41.3 Å². The van der Waals surface area contributed by atoms with Crippen LogP contribution in [0.15, 0.2) is 91.0 Å². The third-order valence-corrected chi connectivity index (χ3v) is 16.1. The first-order valence-corrected chi connectivity index (χ1v) is 16.7. The van der Waals surface area contributed by atoms with Crippen molar-refractivity contribution < 1.29 is 9.47 Å². The molecule has 0 aliphatic carbocycles. The fourth-order valence-electron chi connectivity index (χ4n) is 6.51. The molecule has 3 aromatic carbocycles. The monoisotopic (exact) mass is 472 g/mol. The Morgan fingerprint density at radius 2 is 0.970 bits per heavy atom. The zero-order valence-electron chi connectivity index (χ0n) is 19.8. The molecule has 2 nitrogen and oxygen atoms in total. The highest BCUT2D eigenvalue weighted by molar-refractivity contribution is 6.90. The lowest BCUT2D eigenvalue weighted by molar-refractivity contribution is -0.162. The topological polar surface area (TPSA) is 18.5 Å². The second kappa shape index (κ2) is 10.1. The second-order valence-corrected chi connectivity index (χ2v) is 16.0. The Morgan fingerprint density at radius 1 is 0.545 bits per heavy atom. The summed E-state index contributed by atoms with van der Waals surface area (Å²) in [5.74, 6) is 0. The molecule has 33 heavy (non-hydrogen) atoms. The average Bonchev–Trinajstić information content (AvgIpc) is 2.91. The van der Waals surface area contributed by atoms with Crippen LogP contribution in [0.2, 0.25) is 6.55 Å². The van der Waals surface area contributed by atoms with Gasteiger partial charge < -0.3 is 9.47 Å². The molecule has 172 valence electrons. The Hall–Kier alpha value is -1.99. The summed E-state index contributed by atoms with van der Waals surface area (Å²) < 4.78 is 14.3. The third kappa shape index (κ3) is 4.19. The average molecular weight is 473 g/mol. The van der Waals surface area contributed by atoms with Gasteiger partial charge in [-0.25, -0.2) is 0 Å². The van der Waals surface area contributed by atoms with E-state index in [0.29, 0.717) is 0 Å². The largest absolute Gasteiger partial charge is 0.376 e. The maximum atomic E-state index is 7.19. The molecule has 3 aromatic rings. The predicted octanol–water partition coefficient (Wildman–Crippen LogP) is 3.75. The van der Waals surface area contributed by atoms with Gasteiger partial charge in [-0.3, -0.25) is 0 Å². The number of rotatable bonds is 6. The van der Waals surface area contributed by atoms with Gasteiger partial charge in [-0.2, -0.15) is 0 Å². The van der Waals surface area contributed by atoms with Crippen LogP contribution in [0, 0.1) is 0 Å². The standard InChI is InChI=1S/C29H36O2Si2/c1-32(25-15-5-2-6-16-25)28(21-11-13-23-30-28)29(22-12-14-24-31-29)33(26-17-7-3-8-18-26)27-19-9-4-10-20-27/h2-10,15-20,32-33H,11-14,21-24H2,1H3. The molecule has 2 aliphatic rings. The quantitative estimate of drug-likeness (QED) is 0.509. The number of hydrogen-bond donors (Lipinski definition) is 0. The molecule has 2 heterocycles. The van der Waals surface area contributed by atoms with Crippen LogP contribution >= 0.6 is 0 Å². The van der Waals surface area contributed by atoms with Crippen molar-refractivity contribution in [2.24, 2.45) is 0 Å². The van der Waals surface area contributed by atoms with Crippen LogP contribution in [0.3, 0.4) is 0 Å². The summed E-state index contributed by atoms with van der Waals surface area (Å²) in [7, 11) is -3.33. The van der Waals surface area contributed by atoms with Crippen LogP contribution in [0.5, 0.6) is 0 Å². The number of hydrogen-bond acceptors (Lipinski definition) is 2. The molecule has 0 radical (unpaired) electrons. The summed E-state index contributed by atoms with van der Waals surface area (Å²) in [6.45, 7) is 4.24. The van der Waals surface area contributed by atoms with Gasteiger partial charge in [-0.15, -0.1) is 0 Å². The maximum absolute atomic E-state index is 7.19. The van der Waals surface area contributed by atoms with E-state index in [2.05, 4.69) is 97.5 Å². The molecule has 4 heteroatoms. The lowest BCUT2D eigenvalue weighted by Gasteiger charge is -2.59. The van der Waals surface area contributed by atoms with E-state index in [-0.39, 0.29) is 10.4 Å². The van der Waals surface area contributed by atoms with Crippen molar-refractivity contribution in [3.8, 4) is 0 Å². The molecule has 0 N–H and O–H groups in total. The Bertz CT molecular complexity index is 958. The molecule has 3 unspecified atom stereocenters. The fraction of sp³-hybridized carbons (Fsp3) is 0.379. The first kappa shape index (κ1) is 22.8. The van der Waals surface area contributed by atoms with Crippen LogP contribution in [0.4, 0.5) is 0 Å². The molecule has 3 atom stereocenters. The van der Waals surface area contributed by atoms with E-state index in [9.17, 15) is 0 Å². The fourth-order valence-corrected chi connectivity index (χ4v) is 15.2. The van der Waals surface area contributed by atoms with Gasteiger partial charge >= 0.3 is 0 Å². The minimum Gasteiger partial charge on any atom is -0.376 e. The summed E-state index contributed by atoms with van der Waals surface area (Å²) in [5.41, 5.74) is 0. The normalized spacial score (nSPS) is 26.7. The number of benzene rings is 3. The van der Waals surface area contributed by atoms with E-state index in [0.717, 1.165) is 38.9 Å². The van der Waals surface area contributed by atoms with Crippen molar-refractivity contribution in [2.45, 2.75) is 55.5 Å². The van der Waals surface area contributed by atoms with Crippen molar-refractivity contribution in [1.29, 1.82) is 0 Å². The van der Waals surface area contributed by atoms with Gasteiger partial charge in [0.05, 0.1) is 10.4 Å². The molecule has 0 bridgehead atoms. The Morgan fingerprint density at radius 3 is 1.39 bits per heavy atom. The highest BCUT2D eigenvalue weighted by atomic mass is 28.3. The van der Waals surface area contributed by atoms with Crippen LogP contribution in [-0.2, 0) is 9.47 Å². The van der Waals surface area contributed by atoms with E-state index in [1.165, 1.54) is 28.4 Å². The van der Waals surface area contributed by atoms with E-state index >= 15 is 0 Å². The third-order valence-electron chi connectivity index (χ3n) is 8.05. The summed E-state index contributed by atoms with van der Waals surface area (Å²) in [4.78, 5) is 0. The molecule has 0 aromatic heterocycles. The lowest BCUT2D eigenvalue weighted by Crippen LogP contribution is -2.79. The van der Waals surface area contributed by atoms with Gasteiger partial charge in [0.15, 0.2) is 0 Å². The summed E-state index contributed by atoms with van der Waals surface area (Å²) >= 11 is 0. The molecule has 2 fully saturated rings. The summed E-state index contributed by atoms with van der Waals surface area (Å²) in [5, 5.41) is 4.05. The Balaban J connectivity index is 1.73. The smallest absolute Gasteiger partial charge is 0.141 e. The zero-order chi connectivity index (χ0) is 22.6. The summed E-state index contributed by atoms with van der Waals surface area (Å²) in [6, 6.07) is 33.8. The van der Waals surface area contributed by atoms with Crippen LogP contribution in [0.25, 0.3) is 0 Å². The minimum atomic E-state index is -1.80. The first-order valence-electron chi connectivity index (χ1n) is 12.7. The molecule has 0 saturated carbocycles. The van der Waals surface area contributed by atoms with Gasteiger partial charge in [0.1, 0.15) is 17.6 Å². The van der Waals surface area contributed by atoms with E-state index in [1.807, 2.05) is 0 Å². The summed E-state index contributed by atoms with van der Waals surface area (Å²) in [6.07, 6.45) is 7.01. The molecular formula is C29H36O2Si2. The Labute approximate surface area is 202 Å². The minimum absolute atomic E-state index is 0.185. The predicted molar refractivity (Wildman–Crippen MR) is 143 cm³/mol. The molecule has 0 amide bonds. The van der Waals surface area contributed by atoms with Gasteiger partial charge in [-0.1, -0.05) is 113 Å². The van der Waals surface area contributed by atoms with Crippen molar-refractivity contribution in [2.75, 3.05) is 13.2 Å². The van der Waals surface area contributed by atoms with Crippen molar-refractivity contribution >= 4 is 33.2 Å². The molecular weight excluding hydrogens is 436 g/mol. The number of ether oxygens (including phenoxy) is 2.